The number of carbonyl (C=O) groups excluding carboxylic acids is 2. The Kier molecular flexibility index (Phi) is 5.57. The van der Waals surface area contributed by atoms with E-state index in [-0.39, 0.29) is 29.4 Å². The molecule has 0 atom stereocenters. The minimum Gasteiger partial charge on any atom is -0.364 e. The van der Waals surface area contributed by atoms with E-state index in [0.29, 0.717) is 13.1 Å². The van der Waals surface area contributed by atoms with Crippen LogP contribution in [0.1, 0.15) is 69.4 Å². The van der Waals surface area contributed by atoms with Gasteiger partial charge in [0.15, 0.2) is 0 Å². The van der Waals surface area contributed by atoms with E-state index in [2.05, 4.69) is 29.5 Å². The number of aromatic nitrogens is 1. The summed E-state index contributed by atoms with van der Waals surface area (Å²) in [6, 6.07) is 1.92. The van der Waals surface area contributed by atoms with E-state index in [1.165, 1.54) is 0 Å². The van der Waals surface area contributed by atoms with Gasteiger partial charge >= 0.3 is 6.03 Å². The highest BCUT2D eigenvalue weighted by atomic mass is 16.2. The first-order valence-electron chi connectivity index (χ1n) is 8.72. The van der Waals surface area contributed by atoms with Crippen LogP contribution in [0, 0.1) is 0 Å². The van der Waals surface area contributed by atoms with Crippen molar-refractivity contribution >= 4 is 11.9 Å². The fourth-order valence-electron chi connectivity index (χ4n) is 2.95. The maximum absolute atomic E-state index is 12.5. The molecule has 0 spiro atoms. The first-order valence-corrected chi connectivity index (χ1v) is 8.72. The monoisotopic (exact) mass is 334 g/mol. The molecule has 1 aromatic rings. The van der Waals surface area contributed by atoms with Gasteiger partial charge in [-0.05, 0) is 45.6 Å². The third-order valence-corrected chi connectivity index (χ3v) is 4.20. The zero-order chi connectivity index (χ0) is 17.9. The van der Waals surface area contributed by atoms with Gasteiger partial charge in [-0.2, -0.15) is 0 Å². The predicted molar refractivity (Wildman–Crippen MR) is 95.2 cm³/mol. The van der Waals surface area contributed by atoms with Crippen molar-refractivity contribution in [1.29, 1.82) is 0 Å². The third-order valence-electron chi connectivity index (χ3n) is 4.20. The molecular formula is C18H30N4O2. The van der Waals surface area contributed by atoms with Gasteiger partial charge < -0.3 is 20.5 Å². The molecule has 1 fully saturated rings. The van der Waals surface area contributed by atoms with E-state index in [4.69, 9.17) is 0 Å². The van der Waals surface area contributed by atoms with Crippen LogP contribution in [0.3, 0.4) is 0 Å². The van der Waals surface area contributed by atoms with Crippen LogP contribution in [0.25, 0.3) is 0 Å². The summed E-state index contributed by atoms with van der Waals surface area (Å²) >= 11 is 0. The van der Waals surface area contributed by atoms with Crippen LogP contribution in [0.2, 0.25) is 0 Å². The first kappa shape index (κ1) is 18.4. The molecule has 3 amide bonds. The van der Waals surface area contributed by atoms with Gasteiger partial charge in [0.1, 0.15) is 0 Å². The number of hydrogen-bond donors (Lipinski definition) is 3. The van der Waals surface area contributed by atoms with Crippen LogP contribution in [0.5, 0.6) is 0 Å². The normalized spacial score (nSPS) is 16.3. The van der Waals surface area contributed by atoms with Gasteiger partial charge in [0.05, 0.1) is 5.56 Å². The molecule has 2 rings (SSSR count). The van der Waals surface area contributed by atoms with Crippen LogP contribution in [-0.4, -0.2) is 46.5 Å². The van der Waals surface area contributed by atoms with Crippen molar-refractivity contribution in [3.8, 4) is 0 Å². The highest BCUT2D eigenvalue weighted by Gasteiger charge is 2.26. The Labute approximate surface area is 144 Å². The second-order valence-electron chi connectivity index (χ2n) is 7.87. The summed E-state index contributed by atoms with van der Waals surface area (Å²) in [5.41, 5.74) is 1.45. The fourth-order valence-corrected chi connectivity index (χ4v) is 2.95. The summed E-state index contributed by atoms with van der Waals surface area (Å²) in [5, 5.41) is 6.09. The smallest absolute Gasteiger partial charge is 0.317 e. The van der Waals surface area contributed by atoms with Crippen LogP contribution >= 0.6 is 0 Å². The van der Waals surface area contributed by atoms with E-state index in [1.54, 1.807) is 0 Å². The molecule has 0 radical (unpaired) electrons. The second-order valence-corrected chi connectivity index (χ2v) is 7.87. The minimum absolute atomic E-state index is 0.0278. The van der Waals surface area contributed by atoms with E-state index < -0.39 is 0 Å². The van der Waals surface area contributed by atoms with Crippen LogP contribution in [0.15, 0.2) is 12.3 Å². The number of nitrogens with zero attached hydrogens (tertiary/aromatic N) is 1. The lowest BCUT2D eigenvalue weighted by molar-refractivity contribution is 0.0916. The van der Waals surface area contributed by atoms with Gasteiger partial charge in [0.2, 0.25) is 0 Å². The Balaban J connectivity index is 1.86. The molecule has 1 saturated heterocycles. The average Bonchev–Trinajstić information content (AvgIpc) is 2.96. The van der Waals surface area contributed by atoms with Gasteiger partial charge in [-0.1, -0.05) is 13.8 Å². The molecule has 1 aliphatic heterocycles. The summed E-state index contributed by atoms with van der Waals surface area (Å²) in [5.74, 6) is 0.251. The van der Waals surface area contributed by atoms with Crippen LogP contribution in [-0.2, 0) is 0 Å². The molecule has 24 heavy (non-hydrogen) atoms. The maximum atomic E-state index is 12.5. The van der Waals surface area contributed by atoms with Crippen LogP contribution in [0.4, 0.5) is 4.79 Å². The number of rotatable bonds is 3. The van der Waals surface area contributed by atoms with Crippen molar-refractivity contribution in [3.63, 3.8) is 0 Å². The number of piperidine rings is 1. The number of nitrogens with one attached hydrogen (secondary N) is 3. The Hall–Kier alpha value is -1.98. The Morgan fingerprint density at radius 3 is 2.42 bits per heavy atom. The molecule has 0 aliphatic carbocycles. The lowest BCUT2D eigenvalue weighted by atomic mass is 10.0. The topological polar surface area (TPSA) is 77.2 Å². The molecule has 0 bridgehead atoms. The Morgan fingerprint density at radius 1 is 1.25 bits per heavy atom. The molecule has 3 N–H and O–H groups in total. The van der Waals surface area contributed by atoms with Crippen molar-refractivity contribution in [2.45, 2.75) is 65.0 Å². The highest BCUT2D eigenvalue weighted by molar-refractivity contribution is 5.95. The number of likely N-dealkylation sites (tertiary alicyclic amines) is 1. The third kappa shape index (κ3) is 4.76. The van der Waals surface area contributed by atoms with Crippen molar-refractivity contribution < 1.29 is 9.59 Å². The second kappa shape index (κ2) is 7.28. The number of hydrogen-bond acceptors (Lipinski definition) is 2. The summed E-state index contributed by atoms with van der Waals surface area (Å²) in [6.45, 7) is 11.4. The molecule has 0 unspecified atom stereocenters. The Bertz CT molecular complexity index is 578. The highest BCUT2D eigenvalue weighted by Crippen LogP contribution is 2.18. The standard InChI is InChI=1S/C18H30N4O2/c1-12(2)15-14(6-9-19-15)16(23)20-13-7-10-22(11-8-13)17(24)21-18(3,4)5/h6,9,12-13,19H,7-8,10-11H2,1-5H3,(H,20,23)(H,21,24). The SMILES string of the molecule is CC(C)c1[nH]ccc1C(=O)NC1CCN(C(=O)NC(C)(C)C)CC1. The van der Waals surface area contributed by atoms with E-state index in [1.807, 2.05) is 37.9 Å². The zero-order valence-electron chi connectivity index (χ0n) is 15.4. The lowest BCUT2D eigenvalue weighted by Gasteiger charge is -2.34. The summed E-state index contributed by atoms with van der Waals surface area (Å²) in [6.07, 6.45) is 3.37. The Morgan fingerprint density at radius 2 is 1.88 bits per heavy atom. The average molecular weight is 334 g/mol. The van der Waals surface area contributed by atoms with Gasteiger partial charge in [-0.25, -0.2) is 4.79 Å². The van der Waals surface area contributed by atoms with Crippen molar-refractivity contribution in [2.75, 3.05) is 13.1 Å². The van der Waals surface area contributed by atoms with Crippen molar-refractivity contribution in [3.05, 3.63) is 23.5 Å². The van der Waals surface area contributed by atoms with Crippen molar-refractivity contribution in [1.82, 2.24) is 20.5 Å². The van der Waals surface area contributed by atoms with E-state index in [0.717, 1.165) is 24.1 Å². The minimum atomic E-state index is -0.232. The summed E-state index contributed by atoms with van der Waals surface area (Å²) < 4.78 is 0. The lowest BCUT2D eigenvalue weighted by Crippen LogP contribution is -2.53. The van der Waals surface area contributed by atoms with Gasteiger partial charge in [0, 0.05) is 36.6 Å². The number of urea groups is 1. The number of H-pyrrole nitrogens is 1. The fraction of sp³-hybridized carbons (Fsp3) is 0.667. The van der Waals surface area contributed by atoms with Crippen LogP contribution < -0.4 is 10.6 Å². The predicted octanol–water partition coefficient (Wildman–Crippen LogP) is 2.84. The molecule has 1 aliphatic rings. The van der Waals surface area contributed by atoms with Gasteiger partial charge in [-0.3, -0.25) is 4.79 Å². The van der Waals surface area contributed by atoms with E-state index in [9.17, 15) is 9.59 Å². The van der Waals surface area contributed by atoms with Crippen molar-refractivity contribution in [2.24, 2.45) is 0 Å². The molecule has 134 valence electrons. The number of aromatic amines is 1. The summed E-state index contributed by atoms with van der Waals surface area (Å²) in [7, 11) is 0. The number of carbonyl (C=O) groups is 2. The number of amides is 3. The molecular weight excluding hydrogens is 304 g/mol. The molecule has 0 saturated carbocycles. The zero-order valence-corrected chi connectivity index (χ0v) is 15.4. The van der Waals surface area contributed by atoms with E-state index >= 15 is 0 Å². The quantitative estimate of drug-likeness (QED) is 0.795. The molecule has 2 heterocycles. The first-order chi connectivity index (χ1) is 11.2. The van der Waals surface area contributed by atoms with Gasteiger partial charge in [0.25, 0.3) is 5.91 Å². The molecule has 1 aromatic heterocycles. The van der Waals surface area contributed by atoms with Gasteiger partial charge in [-0.15, -0.1) is 0 Å². The largest absolute Gasteiger partial charge is 0.364 e. The molecule has 6 heteroatoms. The summed E-state index contributed by atoms with van der Waals surface area (Å²) in [4.78, 5) is 29.6. The molecule has 0 aromatic carbocycles. The molecule has 6 nitrogen and oxygen atoms in total. The maximum Gasteiger partial charge on any atom is 0.317 e.